The summed E-state index contributed by atoms with van der Waals surface area (Å²) < 4.78 is 10.5. The van der Waals surface area contributed by atoms with Crippen molar-refractivity contribution < 1.29 is 23.9 Å². The Bertz CT molecular complexity index is 1470. The second-order valence-electron chi connectivity index (χ2n) is 9.79. The lowest BCUT2D eigenvalue weighted by Crippen LogP contribution is -2.55. The van der Waals surface area contributed by atoms with Crippen LogP contribution >= 0.6 is 11.8 Å². The Kier molecular flexibility index (Phi) is 9.61. The van der Waals surface area contributed by atoms with E-state index in [-0.39, 0.29) is 19.1 Å². The highest BCUT2D eigenvalue weighted by Crippen LogP contribution is 2.37. The van der Waals surface area contributed by atoms with Crippen LogP contribution in [0.4, 0.5) is 0 Å². The Balaban J connectivity index is 1.55. The first-order chi connectivity index (χ1) is 19.2. The normalized spacial score (nSPS) is 11.2. The number of esters is 2. The maximum absolute atomic E-state index is 12.0. The van der Waals surface area contributed by atoms with Crippen molar-refractivity contribution in [1.82, 2.24) is 5.32 Å². The average molecular weight is 556 g/mol. The van der Waals surface area contributed by atoms with Crippen molar-refractivity contribution in [3.8, 4) is 11.1 Å². The molecule has 4 aromatic carbocycles. The first-order valence-corrected chi connectivity index (χ1v) is 14.0. The predicted octanol–water partition coefficient (Wildman–Crippen LogP) is 6.59. The molecule has 6 nitrogen and oxygen atoms in total. The van der Waals surface area contributed by atoms with Crippen LogP contribution in [0, 0.1) is 0 Å². The fraction of sp³-hybridized carbons (Fsp3) is 0.242. The summed E-state index contributed by atoms with van der Waals surface area (Å²) in [7, 11) is 0. The lowest BCUT2D eigenvalue weighted by Gasteiger charge is -2.33. The first kappa shape index (κ1) is 28.9. The van der Waals surface area contributed by atoms with Crippen LogP contribution in [0.1, 0.15) is 32.8 Å². The third kappa shape index (κ3) is 7.73. The van der Waals surface area contributed by atoms with E-state index in [1.807, 2.05) is 18.2 Å². The zero-order chi connectivity index (χ0) is 28.5. The molecule has 0 aliphatic carbocycles. The number of aryl methyl sites for hydroxylation is 1. The van der Waals surface area contributed by atoms with E-state index >= 15 is 0 Å². The average Bonchev–Trinajstić information content (AvgIpc) is 2.94. The Hall–Kier alpha value is -4.10. The van der Waals surface area contributed by atoms with Gasteiger partial charge in [-0.1, -0.05) is 84.6 Å². The number of fused-ring (bicyclic) bond motifs is 1. The summed E-state index contributed by atoms with van der Waals surface area (Å²) in [5.74, 6) is -1.24. The second kappa shape index (κ2) is 13.3. The molecule has 0 fully saturated rings. The summed E-state index contributed by atoms with van der Waals surface area (Å²) in [5.41, 5.74) is 2.27. The highest BCUT2D eigenvalue weighted by molar-refractivity contribution is 7.99. The SMILES string of the molecule is CC(=O)NC(CCc1ccc(-c2cccc3c(Sc4ccccc4)cccc23)cc1)(COC(C)=O)COC(C)=O. The van der Waals surface area contributed by atoms with E-state index in [0.717, 1.165) is 16.7 Å². The molecule has 0 bridgehead atoms. The number of carbonyl (C=O) groups excluding carboxylic acids is 3. The first-order valence-electron chi connectivity index (χ1n) is 13.1. The molecule has 0 aromatic heterocycles. The Morgan fingerprint density at radius 1 is 0.725 bits per heavy atom. The minimum atomic E-state index is -1.02. The van der Waals surface area contributed by atoms with Gasteiger partial charge in [-0.25, -0.2) is 0 Å². The fourth-order valence-electron chi connectivity index (χ4n) is 4.65. The molecule has 7 heteroatoms. The maximum atomic E-state index is 12.0. The van der Waals surface area contributed by atoms with E-state index in [4.69, 9.17) is 9.47 Å². The fourth-order valence-corrected chi connectivity index (χ4v) is 5.63. The highest BCUT2D eigenvalue weighted by Gasteiger charge is 2.34. The number of hydrogen-bond acceptors (Lipinski definition) is 6. The predicted molar refractivity (Wildman–Crippen MR) is 158 cm³/mol. The van der Waals surface area contributed by atoms with Crippen LogP contribution in [0.2, 0.25) is 0 Å². The van der Waals surface area contributed by atoms with Gasteiger partial charge in [-0.3, -0.25) is 14.4 Å². The Morgan fingerprint density at radius 2 is 1.35 bits per heavy atom. The van der Waals surface area contributed by atoms with Gasteiger partial charge >= 0.3 is 11.9 Å². The third-order valence-electron chi connectivity index (χ3n) is 6.55. The molecule has 0 spiro atoms. The summed E-state index contributed by atoms with van der Waals surface area (Å²) in [5, 5.41) is 5.25. The van der Waals surface area contributed by atoms with Gasteiger partial charge in [-0.2, -0.15) is 0 Å². The van der Waals surface area contributed by atoms with Crippen molar-refractivity contribution in [2.75, 3.05) is 13.2 Å². The van der Waals surface area contributed by atoms with E-state index in [9.17, 15) is 14.4 Å². The Morgan fingerprint density at radius 3 is 1.98 bits per heavy atom. The largest absolute Gasteiger partial charge is 0.463 e. The second-order valence-corrected chi connectivity index (χ2v) is 10.9. The van der Waals surface area contributed by atoms with Crippen LogP contribution in [0.15, 0.2) is 101 Å². The number of hydrogen-bond donors (Lipinski definition) is 1. The molecule has 0 heterocycles. The van der Waals surface area contributed by atoms with Gasteiger partial charge in [0.05, 0.1) is 0 Å². The number of amides is 1. The van der Waals surface area contributed by atoms with E-state index < -0.39 is 17.5 Å². The molecule has 0 aliphatic rings. The standard InChI is InChI=1S/C33H33NO5S/c1-23(35)34-33(21-38-24(2)36,22-39-25(3)37)20-19-26-15-17-27(18-16-26)29-11-7-13-31-30(29)12-8-14-32(31)40-28-9-5-4-6-10-28/h4-18H,19-22H2,1-3H3,(H,34,35). The molecule has 4 aromatic rings. The molecular weight excluding hydrogens is 522 g/mol. The molecule has 0 radical (unpaired) electrons. The number of rotatable bonds is 11. The van der Waals surface area contributed by atoms with Gasteiger partial charge in [0, 0.05) is 30.6 Å². The molecule has 40 heavy (non-hydrogen) atoms. The Labute approximate surface area is 239 Å². The summed E-state index contributed by atoms with van der Waals surface area (Å²) in [4.78, 5) is 37.4. The molecular formula is C33H33NO5S. The summed E-state index contributed by atoms with van der Waals surface area (Å²) in [6.45, 7) is 3.82. The minimum Gasteiger partial charge on any atom is -0.463 e. The molecule has 0 saturated carbocycles. The summed E-state index contributed by atoms with van der Waals surface area (Å²) >= 11 is 1.76. The van der Waals surface area contributed by atoms with E-state index in [0.29, 0.717) is 12.8 Å². The number of benzene rings is 4. The smallest absolute Gasteiger partial charge is 0.302 e. The van der Waals surface area contributed by atoms with Gasteiger partial charge in [0.1, 0.15) is 18.8 Å². The summed E-state index contributed by atoms with van der Waals surface area (Å²) in [6, 6.07) is 31.5. The van der Waals surface area contributed by atoms with Crippen LogP contribution in [0.5, 0.6) is 0 Å². The topological polar surface area (TPSA) is 81.7 Å². The minimum absolute atomic E-state index is 0.0907. The number of carbonyl (C=O) groups is 3. The molecule has 0 unspecified atom stereocenters. The van der Waals surface area contributed by atoms with Gasteiger partial charge in [-0.15, -0.1) is 0 Å². The van der Waals surface area contributed by atoms with E-state index in [1.165, 1.54) is 41.3 Å². The number of ether oxygens (including phenoxy) is 2. The van der Waals surface area contributed by atoms with E-state index in [2.05, 4.69) is 78.1 Å². The lowest BCUT2D eigenvalue weighted by molar-refractivity contribution is -0.150. The third-order valence-corrected chi connectivity index (χ3v) is 7.64. The van der Waals surface area contributed by atoms with Crippen molar-refractivity contribution in [1.29, 1.82) is 0 Å². The van der Waals surface area contributed by atoms with Crippen LogP contribution in [0.3, 0.4) is 0 Å². The van der Waals surface area contributed by atoms with Crippen LogP contribution in [0.25, 0.3) is 21.9 Å². The quantitative estimate of drug-likeness (QED) is 0.210. The van der Waals surface area contributed by atoms with Gasteiger partial charge in [0.2, 0.25) is 5.91 Å². The van der Waals surface area contributed by atoms with E-state index in [1.54, 1.807) is 11.8 Å². The molecule has 0 aliphatic heterocycles. The van der Waals surface area contributed by atoms with Gasteiger partial charge < -0.3 is 14.8 Å². The molecule has 0 saturated heterocycles. The van der Waals surface area contributed by atoms with Crippen molar-refractivity contribution in [3.05, 3.63) is 96.6 Å². The zero-order valence-electron chi connectivity index (χ0n) is 22.9. The lowest BCUT2D eigenvalue weighted by atomic mass is 9.91. The molecule has 206 valence electrons. The maximum Gasteiger partial charge on any atom is 0.302 e. The van der Waals surface area contributed by atoms with Crippen molar-refractivity contribution >= 4 is 40.4 Å². The van der Waals surface area contributed by atoms with Gasteiger partial charge in [0.25, 0.3) is 0 Å². The molecule has 1 N–H and O–H groups in total. The highest BCUT2D eigenvalue weighted by atomic mass is 32.2. The van der Waals surface area contributed by atoms with Crippen LogP contribution in [-0.2, 0) is 30.3 Å². The monoisotopic (exact) mass is 555 g/mol. The zero-order valence-corrected chi connectivity index (χ0v) is 23.8. The molecule has 1 amide bonds. The molecule has 0 atom stereocenters. The van der Waals surface area contributed by atoms with Crippen LogP contribution in [-0.4, -0.2) is 36.6 Å². The molecule has 4 rings (SSSR count). The van der Waals surface area contributed by atoms with Gasteiger partial charge in [0.15, 0.2) is 0 Å². The van der Waals surface area contributed by atoms with Crippen molar-refractivity contribution in [2.45, 2.75) is 48.9 Å². The van der Waals surface area contributed by atoms with Crippen molar-refractivity contribution in [3.63, 3.8) is 0 Å². The van der Waals surface area contributed by atoms with Crippen molar-refractivity contribution in [2.24, 2.45) is 0 Å². The summed E-state index contributed by atoms with van der Waals surface area (Å²) in [6.07, 6.45) is 0.997. The number of nitrogens with one attached hydrogen (secondary N) is 1. The van der Waals surface area contributed by atoms with Crippen LogP contribution < -0.4 is 5.32 Å². The van der Waals surface area contributed by atoms with Gasteiger partial charge in [-0.05, 0) is 58.5 Å².